The minimum Gasteiger partial charge on any atom is -0.487 e. The second-order valence-corrected chi connectivity index (χ2v) is 9.45. The highest BCUT2D eigenvalue weighted by molar-refractivity contribution is 9.10. The van der Waals surface area contributed by atoms with E-state index < -0.39 is 5.60 Å². The number of hydrogen-bond donors (Lipinski definition) is 2. The second-order valence-electron chi connectivity index (χ2n) is 8.60. The van der Waals surface area contributed by atoms with Crippen LogP contribution in [0.25, 0.3) is 10.9 Å². The molecule has 1 aromatic heterocycles. The minimum absolute atomic E-state index is 0.129. The lowest BCUT2D eigenvalue weighted by Crippen LogP contribution is -2.53. The summed E-state index contributed by atoms with van der Waals surface area (Å²) in [6, 6.07) is 13.3. The maximum atomic E-state index is 13.4. The van der Waals surface area contributed by atoms with E-state index in [1.165, 1.54) is 0 Å². The number of carbonyl (C=O) groups is 2. The predicted molar refractivity (Wildman–Crippen MR) is 128 cm³/mol. The van der Waals surface area contributed by atoms with Crippen molar-refractivity contribution in [2.45, 2.75) is 37.8 Å². The van der Waals surface area contributed by atoms with Gasteiger partial charge in [-0.25, -0.2) is 4.79 Å². The lowest BCUT2D eigenvalue weighted by molar-refractivity contribution is -0.0235. The summed E-state index contributed by atoms with van der Waals surface area (Å²) < 4.78 is 12.6. The topological polar surface area (TPSA) is 83.7 Å². The number of carbonyl (C=O) groups excluding carboxylic acids is 2. The highest BCUT2D eigenvalue weighted by Gasteiger charge is 2.45. The molecule has 1 fully saturated rings. The Balaban J connectivity index is 1.42. The van der Waals surface area contributed by atoms with E-state index in [9.17, 15) is 9.59 Å². The van der Waals surface area contributed by atoms with Gasteiger partial charge in [-0.05, 0) is 31.2 Å². The van der Waals surface area contributed by atoms with Gasteiger partial charge in [-0.2, -0.15) is 0 Å². The van der Waals surface area contributed by atoms with E-state index in [-0.39, 0.29) is 18.0 Å². The number of amides is 2. The fourth-order valence-electron chi connectivity index (χ4n) is 4.94. The van der Waals surface area contributed by atoms with E-state index in [0.717, 1.165) is 26.7 Å². The number of rotatable bonds is 3. The largest absolute Gasteiger partial charge is 0.487 e. The number of piperidine rings is 1. The maximum absolute atomic E-state index is 13.4. The summed E-state index contributed by atoms with van der Waals surface area (Å²) in [5.74, 6) is 0.638. The van der Waals surface area contributed by atoms with Crippen LogP contribution in [-0.2, 0) is 4.74 Å². The van der Waals surface area contributed by atoms with E-state index in [4.69, 9.17) is 9.47 Å². The second kappa shape index (κ2) is 8.74. The van der Waals surface area contributed by atoms with Gasteiger partial charge in [0.15, 0.2) is 0 Å². The van der Waals surface area contributed by atoms with Crippen LogP contribution in [0.15, 0.2) is 53.1 Å². The summed E-state index contributed by atoms with van der Waals surface area (Å²) in [6.07, 6.45) is 3.54. The first-order valence-corrected chi connectivity index (χ1v) is 12.0. The van der Waals surface area contributed by atoms with Gasteiger partial charge in [0.1, 0.15) is 11.4 Å². The molecule has 33 heavy (non-hydrogen) atoms. The van der Waals surface area contributed by atoms with Crippen LogP contribution in [0.4, 0.5) is 4.79 Å². The molecule has 2 aliphatic heterocycles. The zero-order chi connectivity index (χ0) is 23.0. The van der Waals surface area contributed by atoms with Crippen LogP contribution in [0.5, 0.6) is 5.75 Å². The molecule has 2 aliphatic rings. The smallest absolute Gasteiger partial charge is 0.409 e. The number of fused-ring (bicyclic) bond motifs is 2. The molecule has 0 bridgehead atoms. The molecule has 7 nitrogen and oxygen atoms in total. The summed E-state index contributed by atoms with van der Waals surface area (Å²) in [5.41, 5.74) is 1.94. The normalized spacial score (nSPS) is 19.1. The van der Waals surface area contributed by atoms with Crippen molar-refractivity contribution < 1.29 is 19.1 Å². The molecular weight excluding hydrogens is 486 g/mol. The molecule has 0 radical (unpaired) electrons. The van der Waals surface area contributed by atoms with E-state index in [0.29, 0.717) is 44.5 Å². The predicted octanol–water partition coefficient (Wildman–Crippen LogP) is 5.18. The fraction of sp³-hybridized carbons (Fsp3) is 0.360. The third-order valence-electron chi connectivity index (χ3n) is 6.60. The molecule has 1 spiro atoms. The van der Waals surface area contributed by atoms with Gasteiger partial charge in [-0.1, -0.05) is 34.1 Å². The standard InChI is InChI=1S/C25H26BrN3O4/c1-2-32-24(31)29-13-10-25(11-14-29)15-19(21-18(26)7-4-8-20(21)33-25)28-23(30)17-6-3-5-16-9-12-27-22(16)17/h3-9,12,19,27H,2,10-11,13-15H2,1H3,(H,28,30). The van der Waals surface area contributed by atoms with Crippen molar-refractivity contribution in [2.24, 2.45) is 0 Å². The first kappa shape index (κ1) is 21.8. The van der Waals surface area contributed by atoms with Crippen molar-refractivity contribution in [3.8, 4) is 5.75 Å². The number of halogens is 1. The third-order valence-corrected chi connectivity index (χ3v) is 7.29. The van der Waals surface area contributed by atoms with Crippen molar-refractivity contribution in [1.82, 2.24) is 15.2 Å². The number of benzene rings is 2. The fourth-order valence-corrected chi connectivity index (χ4v) is 5.57. The van der Waals surface area contributed by atoms with Crippen molar-refractivity contribution in [3.05, 3.63) is 64.3 Å². The van der Waals surface area contributed by atoms with Crippen LogP contribution in [0.1, 0.15) is 48.1 Å². The number of H-pyrrole nitrogens is 1. The molecule has 1 unspecified atom stereocenters. The molecule has 2 amide bonds. The van der Waals surface area contributed by atoms with Crippen LogP contribution >= 0.6 is 15.9 Å². The molecule has 2 aromatic carbocycles. The number of hydrogen-bond acceptors (Lipinski definition) is 4. The molecule has 8 heteroatoms. The van der Waals surface area contributed by atoms with Gasteiger partial charge in [0.25, 0.3) is 5.91 Å². The Kier molecular flexibility index (Phi) is 5.78. The molecule has 2 N–H and O–H groups in total. The molecule has 1 atom stereocenters. The van der Waals surface area contributed by atoms with Gasteiger partial charge in [-0.3, -0.25) is 4.79 Å². The Morgan fingerprint density at radius 3 is 2.79 bits per heavy atom. The number of aromatic amines is 1. The van der Waals surface area contributed by atoms with E-state index >= 15 is 0 Å². The highest BCUT2D eigenvalue weighted by Crippen LogP contribution is 2.47. The minimum atomic E-state index is -0.451. The highest BCUT2D eigenvalue weighted by atomic mass is 79.9. The Morgan fingerprint density at radius 1 is 1.21 bits per heavy atom. The number of para-hydroxylation sites is 1. The number of nitrogens with zero attached hydrogens (tertiary/aromatic N) is 1. The quantitative estimate of drug-likeness (QED) is 0.507. The van der Waals surface area contributed by atoms with Crippen molar-refractivity contribution in [1.29, 1.82) is 0 Å². The lowest BCUT2D eigenvalue weighted by atomic mass is 9.80. The Labute approximate surface area is 200 Å². The molecule has 5 rings (SSSR count). The SMILES string of the molecule is CCOC(=O)N1CCC2(CC1)CC(NC(=O)c1cccc3cc[nH]c13)c1c(Br)cccc1O2. The number of likely N-dealkylation sites (tertiary alicyclic amines) is 1. The van der Waals surface area contributed by atoms with Crippen molar-refractivity contribution >= 4 is 38.8 Å². The van der Waals surface area contributed by atoms with Gasteiger partial charge < -0.3 is 24.7 Å². The third kappa shape index (κ3) is 4.08. The van der Waals surface area contributed by atoms with Gasteiger partial charge >= 0.3 is 6.09 Å². The van der Waals surface area contributed by atoms with Gasteiger partial charge in [-0.15, -0.1) is 0 Å². The van der Waals surface area contributed by atoms with Crippen molar-refractivity contribution in [3.63, 3.8) is 0 Å². The number of nitrogens with one attached hydrogen (secondary N) is 2. The first-order valence-electron chi connectivity index (χ1n) is 11.3. The van der Waals surface area contributed by atoms with Crippen LogP contribution in [0.2, 0.25) is 0 Å². The average molecular weight is 512 g/mol. The molecule has 3 aromatic rings. The first-order chi connectivity index (χ1) is 16.0. The van der Waals surface area contributed by atoms with Crippen LogP contribution < -0.4 is 10.1 Å². The van der Waals surface area contributed by atoms with Gasteiger partial charge in [0.05, 0.1) is 23.7 Å². The van der Waals surface area contributed by atoms with E-state index in [1.54, 1.807) is 4.90 Å². The molecule has 0 saturated carbocycles. The van der Waals surface area contributed by atoms with Crippen LogP contribution in [-0.4, -0.2) is 47.2 Å². The van der Waals surface area contributed by atoms with E-state index in [2.05, 4.69) is 26.2 Å². The zero-order valence-corrected chi connectivity index (χ0v) is 20.0. The zero-order valence-electron chi connectivity index (χ0n) is 18.4. The van der Waals surface area contributed by atoms with Gasteiger partial charge in [0, 0.05) is 54.0 Å². The number of ether oxygens (including phenoxy) is 2. The van der Waals surface area contributed by atoms with Crippen molar-refractivity contribution in [2.75, 3.05) is 19.7 Å². The van der Waals surface area contributed by atoms with Crippen LogP contribution in [0.3, 0.4) is 0 Å². The number of aromatic nitrogens is 1. The van der Waals surface area contributed by atoms with Gasteiger partial charge in [0.2, 0.25) is 0 Å². The lowest BCUT2D eigenvalue weighted by Gasteiger charge is -2.46. The molecule has 172 valence electrons. The molecule has 0 aliphatic carbocycles. The average Bonchev–Trinajstić information content (AvgIpc) is 3.28. The Morgan fingerprint density at radius 2 is 2.00 bits per heavy atom. The van der Waals surface area contributed by atoms with E-state index in [1.807, 2.05) is 55.6 Å². The molecular formula is C25H26BrN3O4. The summed E-state index contributed by atoms with van der Waals surface area (Å²) in [4.78, 5) is 30.4. The molecule has 3 heterocycles. The summed E-state index contributed by atoms with van der Waals surface area (Å²) >= 11 is 3.65. The maximum Gasteiger partial charge on any atom is 0.409 e. The monoisotopic (exact) mass is 511 g/mol. The summed E-state index contributed by atoms with van der Waals surface area (Å²) in [5, 5.41) is 4.26. The Bertz CT molecular complexity index is 1200. The Hall–Kier alpha value is -3.00. The summed E-state index contributed by atoms with van der Waals surface area (Å²) in [7, 11) is 0. The molecule has 1 saturated heterocycles. The summed E-state index contributed by atoms with van der Waals surface area (Å²) in [6.45, 7) is 3.29. The van der Waals surface area contributed by atoms with Crippen LogP contribution in [0, 0.1) is 0 Å².